The van der Waals surface area contributed by atoms with Crippen molar-refractivity contribution in [2.24, 2.45) is 11.7 Å². The van der Waals surface area contributed by atoms with Crippen LogP contribution in [0.3, 0.4) is 0 Å². The molecule has 0 atom stereocenters. The molecule has 0 bridgehead atoms. The van der Waals surface area contributed by atoms with Gasteiger partial charge < -0.3 is 20.1 Å². The molecule has 2 amide bonds. The highest BCUT2D eigenvalue weighted by atomic mass is 16.5. The fourth-order valence-corrected chi connectivity index (χ4v) is 3.92. The number of nitrogens with zero attached hydrogens (tertiary/aromatic N) is 1. The topological polar surface area (TPSA) is 81.9 Å². The van der Waals surface area contributed by atoms with Gasteiger partial charge in [0.25, 0.3) is 5.91 Å². The summed E-state index contributed by atoms with van der Waals surface area (Å²) in [5, 5.41) is 0. The highest BCUT2D eigenvalue weighted by molar-refractivity contribution is 5.94. The second-order valence-electron chi connectivity index (χ2n) is 8.21. The molecule has 0 unspecified atom stereocenters. The van der Waals surface area contributed by atoms with Gasteiger partial charge in [0.05, 0.1) is 6.61 Å². The van der Waals surface area contributed by atoms with E-state index in [0.717, 1.165) is 16.9 Å². The van der Waals surface area contributed by atoms with Crippen LogP contribution in [0.1, 0.15) is 61.0 Å². The zero-order valence-corrected chi connectivity index (χ0v) is 18.6. The first-order valence-electron chi connectivity index (χ1n) is 11.0. The van der Waals surface area contributed by atoms with Crippen molar-refractivity contribution in [1.29, 1.82) is 0 Å². The summed E-state index contributed by atoms with van der Waals surface area (Å²) in [5.41, 5.74) is 7.97. The predicted molar refractivity (Wildman–Crippen MR) is 120 cm³/mol. The van der Waals surface area contributed by atoms with Crippen LogP contribution in [-0.2, 0) is 11.4 Å². The van der Waals surface area contributed by atoms with E-state index in [0.29, 0.717) is 56.4 Å². The van der Waals surface area contributed by atoms with E-state index in [4.69, 9.17) is 15.2 Å². The van der Waals surface area contributed by atoms with Crippen molar-refractivity contribution in [1.82, 2.24) is 4.90 Å². The molecule has 3 rings (SSSR count). The quantitative estimate of drug-likeness (QED) is 0.691. The van der Waals surface area contributed by atoms with Gasteiger partial charge in [0.2, 0.25) is 5.91 Å². The highest BCUT2D eigenvalue weighted by Crippen LogP contribution is 2.29. The Morgan fingerprint density at radius 1 is 1.06 bits per heavy atom. The number of amides is 2. The number of benzene rings is 2. The first-order chi connectivity index (χ1) is 14.9. The highest BCUT2D eigenvalue weighted by Gasteiger charge is 2.27. The van der Waals surface area contributed by atoms with Crippen LogP contribution in [0.4, 0.5) is 0 Å². The largest absolute Gasteiger partial charge is 0.493 e. The molecular formula is C25H32N2O4. The first kappa shape index (κ1) is 22.7. The number of hydrogen-bond donors (Lipinski definition) is 1. The van der Waals surface area contributed by atoms with E-state index in [9.17, 15) is 9.59 Å². The molecule has 2 N–H and O–H groups in total. The lowest BCUT2D eigenvalue weighted by Gasteiger charge is -2.30. The predicted octanol–water partition coefficient (Wildman–Crippen LogP) is 4.13. The number of likely N-dealkylation sites (tertiary alicyclic amines) is 1. The van der Waals surface area contributed by atoms with Crippen LogP contribution in [-0.4, -0.2) is 36.4 Å². The normalized spacial score (nSPS) is 14.5. The molecule has 166 valence electrons. The van der Waals surface area contributed by atoms with Crippen LogP contribution < -0.4 is 15.2 Å². The lowest BCUT2D eigenvalue weighted by molar-refractivity contribution is -0.123. The Kier molecular flexibility index (Phi) is 7.55. The molecule has 1 aliphatic rings. The lowest BCUT2D eigenvalue weighted by Crippen LogP contribution is -2.41. The zero-order valence-electron chi connectivity index (χ0n) is 18.6. The number of carbonyl (C=O) groups is 2. The summed E-state index contributed by atoms with van der Waals surface area (Å²) < 4.78 is 11.9. The van der Waals surface area contributed by atoms with E-state index in [2.05, 4.69) is 19.9 Å². The molecule has 1 heterocycles. The Bertz CT molecular complexity index is 917. The minimum Gasteiger partial charge on any atom is -0.493 e. The van der Waals surface area contributed by atoms with Crippen molar-refractivity contribution in [2.45, 2.75) is 46.1 Å². The van der Waals surface area contributed by atoms with Crippen LogP contribution in [0.2, 0.25) is 0 Å². The van der Waals surface area contributed by atoms with Crippen molar-refractivity contribution < 1.29 is 19.1 Å². The van der Waals surface area contributed by atoms with Crippen molar-refractivity contribution in [2.75, 3.05) is 19.7 Å². The molecule has 0 radical (unpaired) electrons. The zero-order chi connectivity index (χ0) is 22.4. The Labute approximate surface area is 184 Å². The van der Waals surface area contributed by atoms with Gasteiger partial charge in [-0.05, 0) is 55.5 Å². The maximum Gasteiger partial charge on any atom is 0.253 e. The Morgan fingerprint density at radius 3 is 2.42 bits per heavy atom. The van der Waals surface area contributed by atoms with Crippen molar-refractivity contribution in [3.05, 3.63) is 59.2 Å². The van der Waals surface area contributed by atoms with E-state index in [1.807, 2.05) is 37.3 Å². The maximum absolute atomic E-state index is 13.0. The van der Waals surface area contributed by atoms with Crippen molar-refractivity contribution in [3.8, 4) is 11.5 Å². The standard InChI is InChI=1S/C25H32N2O4/c1-4-30-22-10-9-19(25(29)27-13-11-18(12-14-27)24(26)28)15-20(22)16-31-23-8-6-5-7-21(23)17(2)3/h5-10,15,17-18H,4,11-14,16H2,1-3H3,(H2,26,28). The van der Waals surface area contributed by atoms with Crippen molar-refractivity contribution >= 4 is 11.8 Å². The van der Waals surface area contributed by atoms with Gasteiger partial charge in [-0.15, -0.1) is 0 Å². The summed E-state index contributed by atoms with van der Waals surface area (Å²) in [6.07, 6.45) is 1.22. The molecule has 31 heavy (non-hydrogen) atoms. The van der Waals surface area contributed by atoms with Crippen LogP contribution in [0.5, 0.6) is 11.5 Å². The van der Waals surface area contributed by atoms with Gasteiger partial charge in [0, 0.05) is 30.1 Å². The summed E-state index contributed by atoms with van der Waals surface area (Å²) in [6, 6.07) is 13.5. The van der Waals surface area contributed by atoms with Crippen LogP contribution in [0.15, 0.2) is 42.5 Å². The maximum atomic E-state index is 13.0. The SMILES string of the molecule is CCOc1ccc(C(=O)N2CCC(C(N)=O)CC2)cc1COc1ccccc1C(C)C. The van der Waals surface area contributed by atoms with Gasteiger partial charge in [-0.3, -0.25) is 9.59 Å². The molecule has 1 aliphatic heterocycles. The number of primary amides is 1. The number of piperidine rings is 1. The molecule has 0 spiro atoms. The summed E-state index contributed by atoms with van der Waals surface area (Å²) in [4.78, 5) is 26.2. The first-order valence-corrected chi connectivity index (χ1v) is 11.0. The third-order valence-corrected chi connectivity index (χ3v) is 5.72. The molecule has 6 heteroatoms. The third-order valence-electron chi connectivity index (χ3n) is 5.72. The molecular weight excluding hydrogens is 392 g/mol. The minimum atomic E-state index is -0.283. The number of para-hydroxylation sites is 1. The summed E-state index contributed by atoms with van der Waals surface area (Å²) in [6.45, 7) is 8.11. The smallest absolute Gasteiger partial charge is 0.253 e. The van der Waals surface area contributed by atoms with E-state index < -0.39 is 0 Å². The van der Waals surface area contributed by atoms with Gasteiger partial charge in [-0.1, -0.05) is 32.0 Å². The van der Waals surface area contributed by atoms with E-state index in [-0.39, 0.29) is 17.7 Å². The average molecular weight is 425 g/mol. The number of ether oxygens (including phenoxy) is 2. The van der Waals surface area contributed by atoms with E-state index >= 15 is 0 Å². The van der Waals surface area contributed by atoms with Gasteiger partial charge >= 0.3 is 0 Å². The van der Waals surface area contributed by atoms with Gasteiger partial charge in [0.1, 0.15) is 18.1 Å². The lowest BCUT2D eigenvalue weighted by atomic mass is 9.95. The number of nitrogens with two attached hydrogens (primary N) is 1. The van der Waals surface area contributed by atoms with Crippen LogP contribution >= 0.6 is 0 Å². The fourth-order valence-electron chi connectivity index (χ4n) is 3.92. The number of rotatable bonds is 8. The fraction of sp³-hybridized carbons (Fsp3) is 0.440. The molecule has 0 saturated carbocycles. The number of carbonyl (C=O) groups excluding carboxylic acids is 2. The Morgan fingerprint density at radius 2 is 1.77 bits per heavy atom. The molecule has 1 fully saturated rings. The summed E-state index contributed by atoms with van der Waals surface area (Å²) >= 11 is 0. The third kappa shape index (κ3) is 5.57. The monoisotopic (exact) mass is 424 g/mol. The molecule has 2 aromatic carbocycles. The Hall–Kier alpha value is -3.02. The summed E-state index contributed by atoms with van der Waals surface area (Å²) in [7, 11) is 0. The van der Waals surface area contributed by atoms with Crippen LogP contribution in [0.25, 0.3) is 0 Å². The molecule has 6 nitrogen and oxygen atoms in total. The minimum absolute atomic E-state index is 0.0465. The molecule has 0 aromatic heterocycles. The van der Waals surface area contributed by atoms with Gasteiger partial charge in [-0.2, -0.15) is 0 Å². The molecule has 2 aromatic rings. The number of hydrogen-bond acceptors (Lipinski definition) is 4. The molecule has 1 saturated heterocycles. The average Bonchev–Trinajstić information content (AvgIpc) is 2.78. The molecule has 0 aliphatic carbocycles. The van der Waals surface area contributed by atoms with E-state index in [1.165, 1.54) is 0 Å². The van der Waals surface area contributed by atoms with Crippen molar-refractivity contribution in [3.63, 3.8) is 0 Å². The van der Waals surface area contributed by atoms with E-state index in [1.54, 1.807) is 11.0 Å². The summed E-state index contributed by atoms with van der Waals surface area (Å²) in [5.74, 6) is 1.43. The van der Waals surface area contributed by atoms with Gasteiger partial charge in [0.15, 0.2) is 0 Å². The van der Waals surface area contributed by atoms with Crippen LogP contribution in [0, 0.1) is 5.92 Å². The Balaban J connectivity index is 1.77. The second-order valence-corrected chi connectivity index (χ2v) is 8.21. The second kappa shape index (κ2) is 10.3. The van der Waals surface area contributed by atoms with Gasteiger partial charge in [-0.25, -0.2) is 0 Å².